The van der Waals surface area contributed by atoms with E-state index < -0.39 is 0 Å². The number of ether oxygens (including phenoxy) is 1. The second-order valence-electron chi connectivity index (χ2n) is 5.87. The average Bonchev–Trinajstić information content (AvgIpc) is 2.56. The number of nitrogens with one attached hydrogen (secondary N) is 2. The molecule has 1 saturated heterocycles. The number of carbonyl (C=O) groups excluding carboxylic acids is 1. The summed E-state index contributed by atoms with van der Waals surface area (Å²) in [5.41, 5.74) is 0.648. The minimum absolute atomic E-state index is 0. The predicted octanol–water partition coefficient (Wildman–Crippen LogP) is 3.59. The van der Waals surface area contributed by atoms with Crippen LogP contribution in [0.2, 0.25) is 0 Å². The van der Waals surface area contributed by atoms with E-state index in [9.17, 15) is 4.79 Å². The molecule has 0 bridgehead atoms. The number of carbonyl (C=O) groups is 1. The van der Waals surface area contributed by atoms with E-state index in [1.165, 1.54) is 0 Å². The van der Waals surface area contributed by atoms with Crippen molar-refractivity contribution in [3.8, 4) is 11.5 Å². The molecule has 25 heavy (non-hydrogen) atoms. The lowest BCUT2D eigenvalue weighted by Crippen LogP contribution is -2.46. The van der Waals surface area contributed by atoms with Gasteiger partial charge in [0.05, 0.1) is 6.20 Å². The van der Waals surface area contributed by atoms with Crippen LogP contribution >= 0.6 is 24.8 Å². The number of hydrogen-bond acceptors (Lipinski definition) is 4. The molecule has 1 aromatic heterocycles. The molecule has 7 heteroatoms. The van der Waals surface area contributed by atoms with Crippen molar-refractivity contribution in [3.63, 3.8) is 0 Å². The largest absolute Gasteiger partial charge is 0.456 e. The van der Waals surface area contributed by atoms with E-state index in [1.54, 1.807) is 36.7 Å². The molecular weight excluding hydrogens is 361 g/mol. The molecule has 2 unspecified atom stereocenters. The van der Waals surface area contributed by atoms with E-state index in [1.807, 2.05) is 12.1 Å². The van der Waals surface area contributed by atoms with Gasteiger partial charge < -0.3 is 15.4 Å². The summed E-state index contributed by atoms with van der Waals surface area (Å²) in [5, 5.41) is 6.49. The Labute approximate surface area is 160 Å². The van der Waals surface area contributed by atoms with Crippen LogP contribution in [0, 0.1) is 0 Å². The maximum absolute atomic E-state index is 12.3. The fourth-order valence-corrected chi connectivity index (χ4v) is 2.75. The third-order valence-corrected chi connectivity index (χ3v) is 3.95. The Balaban J connectivity index is 0.00000156. The Bertz CT molecular complexity index is 653. The van der Waals surface area contributed by atoms with Crippen molar-refractivity contribution in [1.29, 1.82) is 0 Å². The van der Waals surface area contributed by atoms with E-state index in [0.29, 0.717) is 23.1 Å². The number of rotatable bonds is 4. The lowest BCUT2D eigenvalue weighted by atomic mass is 10.0. The van der Waals surface area contributed by atoms with Gasteiger partial charge in [-0.3, -0.25) is 9.78 Å². The zero-order valence-electron chi connectivity index (χ0n) is 14.0. The second-order valence-corrected chi connectivity index (χ2v) is 5.87. The predicted molar refractivity (Wildman–Crippen MR) is 103 cm³/mol. The van der Waals surface area contributed by atoms with Gasteiger partial charge >= 0.3 is 0 Å². The van der Waals surface area contributed by atoms with Gasteiger partial charge in [0.1, 0.15) is 11.5 Å². The van der Waals surface area contributed by atoms with Gasteiger partial charge in [-0.05, 0) is 62.7 Å². The highest BCUT2D eigenvalue weighted by Crippen LogP contribution is 2.20. The van der Waals surface area contributed by atoms with Gasteiger partial charge in [-0.2, -0.15) is 0 Å². The van der Waals surface area contributed by atoms with Gasteiger partial charge in [-0.25, -0.2) is 0 Å². The van der Waals surface area contributed by atoms with Crippen LogP contribution in [-0.4, -0.2) is 29.5 Å². The van der Waals surface area contributed by atoms with E-state index >= 15 is 0 Å². The van der Waals surface area contributed by atoms with Gasteiger partial charge in [-0.15, -0.1) is 24.8 Å². The van der Waals surface area contributed by atoms with Gasteiger partial charge in [0.15, 0.2) is 0 Å². The number of hydrogen-bond donors (Lipinski definition) is 2. The topological polar surface area (TPSA) is 63.2 Å². The Morgan fingerprint density at radius 1 is 1.20 bits per heavy atom. The minimum atomic E-state index is -0.0305. The molecule has 0 aliphatic carbocycles. The molecule has 2 atom stereocenters. The Kier molecular flexibility index (Phi) is 8.69. The molecule has 1 amide bonds. The first-order valence-corrected chi connectivity index (χ1v) is 7.93. The highest BCUT2D eigenvalue weighted by atomic mass is 35.5. The van der Waals surface area contributed by atoms with E-state index in [0.717, 1.165) is 19.4 Å². The van der Waals surface area contributed by atoms with Crippen LogP contribution in [0.5, 0.6) is 11.5 Å². The molecule has 1 aliphatic heterocycles. The lowest BCUT2D eigenvalue weighted by Gasteiger charge is -2.28. The van der Waals surface area contributed by atoms with Crippen molar-refractivity contribution in [3.05, 3.63) is 54.4 Å². The quantitative estimate of drug-likeness (QED) is 0.846. The molecule has 5 nitrogen and oxygen atoms in total. The number of halogens is 2. The fraction of sp³-hybridized carbons (Fsp3) is 0.333. The molecular formula is C18H23Cl2N3O2. The number of benzene rings is 1. The summed E-state index contributed by atoms with van der Waals surface area (Å²) >= 11 is 0. The molecule has 136 valence electrons. The van der Waals surface area contributed by atoms with Crippen molar-refractivity contribution in [2.45, 2.75) is 31.8 Å². The average molecular weight is 384 g/mol. The molecule has 1 aromatic carbocycles. The molecule has 2 N–H and O–H groups in total. The molecule has 2 heterocycles. The second kappa shape index (κ2) is 10.2. The summed E-state index contributed by atoms with van der Waals surface area (Å²) in [6.45, 7) is 3.09. The number of amides is 1. The summed E-state index contributed by atoms with van der Waals surface area (Å²) in [4.78, 5) is 16.3. The maximum Gasteiger partial charge on any atom is 0.251 e. The molecule has 0 spiro atoms. The van der Waals surface area contributed by atoms with Crippen LogP contribution in [0.1, 0.15) is 30.1 Å². The smallest absolute Gasteiger partial charge is 0.251 e. The van der Waals surface area contributed by atoms with E-state index in [4.69, 9.17) is 4.74 Å². The van der Waals surface area contributed by atoms with Gasteiger partial charge in [0, 0.05) is 23.8 Å². The van der Waals surface area contributed by atoms with Crippen molar-refractivity contribution in [1.82, 2.24) is 15.6 Å². The fourth-order valence-electron chi connectivity index (χ4n) is 2.75. The number of piperidine rings is 1. The van der Waals surface area contributed by atoms with Crippen LogP contribution in [0.15, 0.2) is 48.8 Å². The van der Waals surface area contributed by atoms with Crippen LogP contribution in [0.4, 0.5) is 0 Å². The zero-order valence-corrected chi connectivity index (χ0v) is 15.6. The lowest BCUT2D eigenvalue weighted by molar-refractivity contribution is 0.0925. The van der Waals surface area contributed by atoms with Gasteiger partial charge in [-0.1, -0.05) is 0 Å². The Hall–Kier alpha value is -1.82. The molecule has 2 aromatic rings. The van der Waals surface area contributed by atoms with Crippen molar-refractivity contribution in [2.24, 2.45) is 0 Å². The first kappa shape index (κ1) is 21.2. The molecule has 0 radical (unpaired) electrons. The van der Waals surface area contributed by atoms with E-state index in [-0.39, 0.29) is 36.8 Å². The Morgan fingerprint density at radius 2 is 1.96 bits per heavy atom. The first-order valence-electron chi connectivity index (χ1n) is 7.93. The maximum atomic E-state index is 12.3. The summed E-state index contributed by atoms with van der Waals surface area (Å²) in [6.07, 6.45) is 5.28. The minimum Gasteiger partial charge on any atom is -0.456 e. The normalized spacial score (nSPS) is 19.1. The third-order valence-electron chi connectivity index (χ3n) is 3.95. The van der Waals surface area contributed by atoms with Crippen molar-refractivity contribution < 1.29 is 9.53 Å². The summed E-state index contributed by atoms with van der Waals surface area (Å²) in [7, 11) is 0. The van der Waals surface area contributed by atoms with Crippen LogP contribution in [0.25, 0.3) is 0 Å². The number of aromatic nitrogens is 1. The molecule has 0 saturated carbocycles. The van der Waals surface area contributed by atoms with Crippen LogP contribution < -0.4 is 15.4 Å². The summed E-state index contributed by atoms with van der Waals surface area (Å²) < 4.78 is 5.67. The summed E-state index contributed by atoms with van der Waals surface area (Å²) in [6, 6.07) is 11.5. The highest BCUT2D eigenvalue weighted by molar-refractivity contribution is 5.94. The highest BCUT2D eigenvalue weighted by Gasteiger charge is 2.20. The molecule has 3 rings (SSSR count). The van der Waals surface area contributed by atoms with Crippen molar-refractivity contribution >= 4 is 30.7 Å². The van der Waals surface area contributed by atoms with Gasteiger partial charge in [0.2, 0.25) is 0 Å². The van der Waals surface area contributed by atoms with Crippen molar-refractivity contribution in [2.75, 3.05) is 6.54 Å². The monoisotopic (exact) mass is 383 g/mol. The SMILES string of the molecule is CC1CC(NC(=O)c2ccc(Oc3cccnc3)cc2)CCN1.Cl.Cl. The van der Waals surface area contributed by atoms with Crippen LogP contribution in [-0.2, 0) is 0 Å². The number of pyridine rings is 1. The summed E-state index contributed by atoms with van der Waals surface area (Å²) in [5.74, 6) is 1.33. The first-order chi connectivity index (χ1) is 11.2. The number of nitrogens with zero attached hydrogens (tertiary/aromatic N) is 1. The Morgan fingerprint density at radius 3 is 2.60 bits per heavy atom. The molecule has 1 fully saturated rings. The third kappa shape index (κ3) is 6.20. The molecule has 1 aliphatic rings. The van der Waals surface area contributed by atoms with Crippen LogP contribution in [0.3, 0.4) is 0 Å². The zero-order chi connectivity index (χ0) is 16.1. The van der Waals surface area contributed by atoms with E-state index in [2.05, 4.69) is 22.5 Å². The van der Waals surface area contributed by atoms with Gasteiger partial charge in [0.25, 0.3) is 5.91 Å². The standard InChI is InChI=1S/C18H21N3O2.2ClH/c1-13-11-15(8-10-20-13)21-18(22)14-4-6-16(7-5-14)23-17-3-2-9-19-12-17;;/h2-7,9,12-13,15,20H,8,10-11H2,1H3,(H,21,22);2*1H.